The van der Waals surface area contributed by atoms with Crippen LogP contribution >= 0.6 is 0 Å². The van der Waals surface area contributed by atoms with Crippen molar-refractivity contribution in [1.29, 1.82) is 0 Å². The lowest BCUT2D eigenvalue weighted by Gasteiger charge is -2.28. The van der Waals surface area contributed by atoms with Gasteiger partial charge in [-0.15, -0.1) is 0 Å². The van der Waals surface area contributed by atoms with Gasteiger partial charge >= 0.3 is 0 Å². The number of fused-ring (bicyclic) bond motifs is 1. The van der Waals surface area contributed by atoms with Crippen molar-refractivity contribution < 1.29 is 0 Å². The Balaban J connectivity index is 2.01. The lowest BCUT2D eigenvalue weighted by atomic mass is 9.98. The molecule has 1 atom stereocenters. The maximum absolute atomic E-state index is 5.85. The largest absolute Gasteiger partial charge is 0.398 e. The molecule has 0 spiro atoms. The minimum Gasteiger partial charge on any atom is -0.398 e. The standard InChI is InChI=1S/C13H18N4/c1-16-6-2-3-10(8-16)13-15-7-12-5-4-11(14)9-17(12)13/h4-5,7,9-10H,2-3,6,8,14H2,1H3. The molecule has 1 saturated heterocycles. The zero-order valence-electron chi connectivity index (χ0n) is 10.1. The third-order valence-electron chi connectivity index (χ3n) is 3.57. The highest BCUT2D eigenvalue weighted by molar-refractivity contribution is 5.52. The molecule has 1 unspecified atom stereocenters. The van der Waals surface area contributed by atoms with E-state index < -0.39 is 0 Å². The number of pyridine rings is 1. The molecule has 4 nitrogen and oxygen atoms in total. The Morgan fingerprint density at radius 3 is 3.12 bits per heavy atom. The van der Waals surface area contributed by atoms with Crippen molar-refractivity contribution in [3.63, 3.8) is 0 Å². The van der Waals surface area contributed by atoms with Crippen LogP contribution in [-0.2, 0) is 0 Å². The molecular formula is C13H18N4. The first-order valence-electron chi connectivity index (χ1n) is 6.15. The second-order valence-corrected chi connectivity index (χ2v) is 4.98. The van der Waals surface area contributed by atoms with Crippen LogP contribution < -0.4 is 5.73 Å². The topological polar surface area (TPSA) is 46.6 Å². The molecule has 0 radical (unpaired) electrons. The molecule has 3 heterocycles. The summed E-state index contributed by atoms with van der Waals surface area (Å²) in [7, 11) is 2.18. The number of imidazole rings is 1. The molecule has 3 rings (SSSR count). The number of hydrogen-bond donors (Lipinski definition) is 1. The van der Waals surface area contributed by atoms with Crippen molar-refractivity contribution in [1.82, 2.24) is 14.3 Å². The van der Waals surface area contributed by atoms with Gasteiger partial charge in [0.15, 0.2) is 0 Å². The summed E-state index contributed by atoms with van der Waals surface area (Å²) in [5.41, 5.74) is 7.77. The van der Waals surface area contributed by atoms with Crippen molar-refractivity contribution >= 4 is 11.2 Å². The Labute approximate surface area is 101 Å². The smallest absolute Gasteiger partial charge is 0.117 e. The predicted molar refractivity (Wildman–Crippen MR) is 69.1 cm³/mol. The highest BCUT2D eigenvalue weighted by Crippen LogP contribution is 2.26. The molecule has 17 heavy (non-hydrogen) atoms. The molecule has 1 fully saturated rings. The fourth-order valence-corrected chi connectivity index (χ4v) is 2.71. The number of aromatic nitrogens is 2. The van der Waals surface area contributed by atoms with E-state index in [4.69, 9.17) is 5.73 Å². The molecular weight excluding hydrogens is 212 g/mol. The summed E-state index contributed by atoms with van der Waals surface area (Å²) in [4.78, 5) is 6.95. The van der Waals surface area contributed by atoms with E-state index in [2.05, 4.69) is 21.3 Å². The van der Waals surface area contributed by atoms with Crippen molar-refractivity contribution in [3.05, 3.63) is 30.4 Å². The lowest BCUT2D eigenvalue weighted by Crippen LogP contribution is -2.31. The van der Waals surface area contributed by atoms with Crippen LogP contribution in [0.15, 0.2) is 24.5 Å². The number of anilines is 1. The quantitative estimate of drug-likeness (QED) is 0.811. The van der Waals surface area contributed by atoms with Crippen molar-refractivity contribution in [3.8, 4) is 0 Å². The van der Waals surface area contributed by atoms with Crippen LogP contribution in [0.3, 0.4) is 0 Å². The third kappa shape index (κ3) is 1.89. The molecule has 2 aromatic rings. The first-order valence-corrected chi connectivity index (χ1v) is 6.15. The molecule has 2 N–H and O–H groups in total. The summed E-state index contributed by atoms with van der Waals surface area (Å²) < 4.78 is 2.14. The van der Waals surface area contributed by atoms with E-state index in [0.29, 0.717) is 5.92 Å². The van der Waals surface area contributed by atoms with Gasteiger partial charge in [0.2, 0.25) is 0 Å². The second-order valence-electron chi connectivity index (χ2n) is 4.98. The second kappa shape index (κ2) is 4.04. The van der Waals surface area contributed by atoms with Gasteiger partial charge in [-0.25, -0.2) is 4.98 Å². The van der Waals surface area contributed by atoms with Crippen molar-refractivity contribution in [2.45, 2.75) is 18.8 Å². The molecule has 0 amide bonds. The summed E-state index contributed by atoms with van der Waals surface area (Å²) in [6.07, 6.45) is 6.38. The molecule has 4 heteroatoms. The number of likely N-dealkylation sites (N-methyl/N-ethyl adjacent to an activating group) is 1. The Hall–Kier alpha value is -1.55. The number of likely N-dealkylation sites (tertiary alicyclic amines) is 1. The molecule has 1 aliphatic heterocycles. The molecule has 1 aliphatic rings. The first kappa shape index (κ1) is 10.6. The van der Waals surface area contributed by atoms with Crippen molar-refractivity contribution in [2.75, 3.05) is 25.9 Å². The molecule has 0 bridgehead atoms. The molecule has 2 aromatic heterocycles. The van der Waals surface area contributed by atoms with Crippen molar-refractivity contribution in [2.24, 2.45) is 0 Å². The fraction of sp³-hybridized carbons (Fsp3) is 0.462. The third-order valence-corrected chi connectivity index (χ3v) is 3.57. The highest BCUT2D eigenvalue weighted by Gasteiger charge is 2.22. The monoisotopic (exact) mass is 230 g/mol. The Kier molecular flexibility index (Phi) is 2.52. The van der Waals surface area contributed by atoms with Gasteiger partial charge in [-0.1, -0.05) is 0 Å². The van der Waals surface area contributed by atoms with E-state index in [-0.39, 0.29) is 0 Å². The summed E-state index contributed by atoms with van der Waals surface area (Å²) in [6, 6.07) is 3.95. The van der Waals surface area contributed by atoms with Crippen LogP contribution in [0, 0.1) is 0 Å². The zero-order valence-corrected chi connectivity index (χ0v) is 10.1. The minimum absolute atomic E-state index is 0.526. The number of hydrogen-bond acceptors (Lipinski definition) is 3. The predicted octanol–water partition coefficient (Wildman–Crippen LogP) is 1.73. The van der Waals surface area contributed by atoms with Gasteiger partial charge in [-0.05, 0) is 38.6 Å². The fourth-order valence-electron chi connectivity index (χ4n) is 2.71. The molecule has 0 aromatic carbocycles. The van der Waals surface area contributed by atoms with Crippen LogP contribution in [-0.4, -0.2) is 34.4 Å². The average molecular weight is 230 g/mol. The summed E-state index contributed by atoms with van der Waals surface area (Å²) in [5, 5.41) is 0. The van der Waals surface area contributed by atoms with E-state index in [1.807, 2.05) is 24.5 Å². The SMILES string of the molecule is CN1CCCC(c2ncc3ccc(N)cn23)C1. The Morgan fingerprint density at radius 2 is 2.29 bits per heavy atom. The number of piperidine rings is 1. The van der Waals surface area contributed by atoms with Gasteiger partial charge in [0.05, 0.1) is 11.7 Å². The summed E-state index contributed by atoms with van der Waals surface area (Å²) in [6.45, 7) is 2.29. The van der Waals surface area contributed by atoms with E-state index in [1.165, 1.54) is 19.4 Å². The van der Waals surface area contributed by atoms with Crippen LogP contribution in [0.25, 0.3) is 5.52 Å². The number of nitrogens with two attached hydrogens (primary N) is 1. The van der Waals surface area contributed by atoms with Gasteiger partial charge in [-0.2, -0.15) is 0 Å². The molecule has 90 valence electrons. The average Bonchev–Trinajstić information content (AvgIpc) is 2.71. The summed E-state index contributed by atoms with van der Waals surface area (Å²) in [5.74, 6) is 1.68. The van der Waals surface area contributed by atoms with E-state index in [0.717, 1.165) is 23.6 Å². The van der Waals surface area contributed by atoms with E-state index >= 15 is 0 Å². The molecule has 0 aliphatic carbocycles. The minimum atomic E-state index is 0.526. The summed E-state index contributed by atoms with van der Waals surface area (Å²) >= 11 is 0. The van der Waals surface area contributed by atoms with Crippen LogP contribution in [0.5, 0.6) is 0 Å². The number of nitrogens with zero attached hydrogens (tertiary/aromatic N) is 3. The van der Waals surface area contributed by atoms with E-state index in [9.17, 15) is 0 Å². The van der Waals surface area contributed by atoms with E-state index in [1.54, 1.807) is 0 Å². The maximum Gasteiger partial charge on any atom is 0.117 e. The Morgan fingerprint density at radius 1 is 1.41 bits per heavy atom. The van der Waals surface area contributed by atoms with Gasteiger partial charge in [-0.3, -0.25) is 0 Å². The van der Waals surface area contributed by atoms with Gasteiger partial charge < -0.3 is 15.0 Å². The highest BCUT2D eigenvalue weighted by atomic mass is 15.1. The van der Waals surface area contributed by atoms with Crippen LogP contribution in [0.2, 0.25) is 0 Å². The van der Waals surface area contributed by atoms with Crippen LogP contribution in [0.1, 0.15) is 24.6 Å². The van der Waals surface area contributed by atoms with Gasteiger partial charge in [0.1, 0.15) is 5.82 Å². The molecule has 0 saturated carbocycles. The van der Waals surface area contributed by atoms with Crippen LogP contribution in [0.4, 0.5) is 5.69 Å². The number of nitrogen functional groups attached to an aromatic ring is 1. The normalized spacial score (nSPS) is 22.1. The number of rotatable bonds is 1. The lowest BCUT2D eigenvalue weighted by molar-refractivity contribution is 0.245. The first-order chi connectivity index (χ1) is 8.24. The van der Waals surface area contributed by atoms with Gasteiger partial charge in [0.25, 0.3) is 0 Å². The zero-order chi connectivity index (χ0) is 11.8. The van der Waals surface area contributed by atoms with Gasteiger partial charge in [0, 0.05) is 24.3 Å². The Bertz CT molecular complexity index is 531. The maximum atomic E-state index is 5.85.